The van der Waals surface area contributed by atoms with Gasteiger partial charge in [0.05, 0.1) is 0 Å². The Labute approximate surface area is 76.8 Å². The fourth-order valence-corrected chi connectivity index (χ4v) is 0.660. The third-order valence-corrected chi connectivity index (χ3v) is 1.13. The molecule has 4 N–H and O–H groups in total. The molecule has 0 saturated heterocycles. The lowest BCUT2D eigenvalue weighted by Gasteiger charge is -2.00. The van der Waals surface area contributed by atoms with E-state index in [1.54, 1.807) is 24.3 Å². The topological polar surface area (TPSA) is 78.3 Å². The molecular formula is C9H12N2O2. The summed E-state index contributed by atoms with van der Waals surface area (Å²) in [6, 6.07) is 7.10. The summed E-state index contributed by atoms with van der Waals surface area (Å²) in [6.45, 7) is 2.88. The summed E-state index contributed by atoms with van der Waals surface area (Å²) >= 11 is 0. The van der Waals surface area contributed by atoms with Crippen LogP contribution in [0.1, 0.15) is 0 Å². The van der Waals surface area contributed by atoms with Crippen molar-refractivity contribution in [2.75, 3.05) is 12.5 Å². The Morgan fingerprint density at radius 3 is 2.23 bits per heavy atom. The van der Waals surface area contributed by atoms with E-state index in [-0.39, 0.29) is 6.73 Å². The Bertz CT molecular complexity index is 263. The molecular weight excluding hydrogens is 168 g/mol. The van der Waals surface area contributed by atoms with Crippen molar-refractivity contribution in [3.8, 4) is 5.75 Å². The molecule has 70 valence electrons. The second-order valence-corrected chi connectivity index (χ2v) is 2.02. The number of nitrogens with two attached hydrogens (primary N) is 2. The maximum atomic E-state index is 8.57. The minimum Gasteiger partial charge on any atom is -0.479 e. The van der Waals surface area contributed by atoms with Crippen molar-refractivity contribution in [3.05, 3.63) is 30.8 Å². The van der Waals surface area contributed by atoms with Gasteiger partial charge in [0.2, 0.25) is 0 Å². The van der Waals surface area contributed by atoms with E-state index in [1.165, 1.54) is 5.94 Å². The maximum absolute atomic E-state index is 8.57. The van der Waals surface area contributed by atoms with Crippen molar-refractivity contribution >= 4 is 11.6 Å². The smallest absolute Gasteiger partial charge is 0.137 e. The van der Waals surface area contributed by atoms with Crippen LogP contribution in [0, 0.1) is 0 Å². The number of hydrogen-bond donors (Lipinski definition) is 2. The first kappa shape index (κ1) is 11.2. The first-order valence-corrected chi connectivity index (χ1v) is 3.57. The fourth-order valence-electron chi connectivity index (χ4n) is 0.660. The number of anilines is 1. The Hall–Kier alpha value is -1.77. The maximum Gasteiger partial charge on any atom is 0.137 e. The van der Waals surface area contributed by atoms with Crippen LogP contribution in [0.4, 0.5) is 5.69 Å². The summed E-state index contributed by atoms with van der Waals surface area (Å²) in [5.41, 5.74) is 11.3. The molecule has 1 rings (SSSR count). The van der Waals surface area contributed by atoms with Crippen LogP contribution < -0.4 is 16.2 Å². The van der Waals surface area contributed by atoms with Crippen LogP contribution in [0.3, 0.4) is 0 Å². The first-order chi connectivity index (χ1) is 6.24. The summed E-state index contributed by atoms with van der Waals surface area (Å²) in [5.74, 6) is 2.00. The van der Waals surface area contributed by atoms with Crippen LogP contribution in [0.25, 0.3) is 0 Å². The molecule has 4 heteroatoms. The summed E-state index contributed by atoms with van der Waals surface area (Å²) in [7, 11) is 0. The Balaban J connectivity index is 0.000000424. The summed E-state index contributed by atoms with van der Waals surface area (Å²) in [4.78, 5) is 8.57. The predicted octanol–water partition coefficient (Wildman–Crippen LogP) is 0.568. The highest BCUT2D eigenvalue weighted by atomic mass is 16.5. The zero-order valence-corrected chi connectivity index (χ0v) is 7.19. The Morgan fingerprint density at radius 1 is 1.38 bits per heavy atom. The van der Waals surface area contributed by atoms with Gasteiger partial charge in [-0.15, -0.1) is 0 Å². The standard InChI is InChI=1S/C7H10N2O.C2H2O/c8-5-10-7-3-1-6(9)2-4-7;1-2-3/h1-4H,5,8-9H2;1H2. The van der Waals surface area contributed by atoms with E-state index < -0.39 is 0 Å². The molecule has 0 atom stereocenters. The van der Waals surface area contributed by atoms with E-state index >= 15 is 0 Å². The van der Waals surface area contributed by atoms with Gasteiger partial charge in [-0.25, -0.2) is 4.79 Å². The van der Waals surface area contributed by atoms with Crippen LogP contribution in [-0.4, -0.2) is 12.7 Å². The number of benzene rings is 1. The van der Waals surface area contributed by atoms with Gasteiger partial charge in [0, 0.05) is 5.69 Å². The van der Waals surface area contributed by atoms with Crippen LogP contribution in [-0.2, 0) is 4.79 Å². The minimum atomic E-state index is 0.198. The van der Waals surface area contributed by atoms with Crippen molar-refractivity contribution in [2.45, 2.75) is 0 Å². The minimum absolute atomic E-state index is 0.198. The van der Waals surface area contributed by atoms with Gasteiger partial charge in [0.25, 0.3) is 0 Å². The van der Waals surface area contributed by atoms with Gasteiger partial charge < -0.3 is 10.5 Å². The van der Waals surface area contributed by atoms with Crippen molar-refractivity contribution in [1.29, 1.82) is 0 Å². The van der Waals surface area contributed by atoms with Gasteiger partial charge in [0.1, 0.15) is 18.4 Å². The van der Waals surface area contributed by atoms with E-state index in [0.29, 0.717) is 0 Å². The van der Waals surface area contributed by atoms with E-state index in [2.05, 4.69) is 6.58 Å². The highest BCUT2D eigenvalue weighted by molar-refractivity contribution is 5.41. The van der Waals surface area contributed by atoms with Crippen molar-refractivity contribution in [1.82, 2.24) is 0 Å². The second-order valence-electron chi connectivity index (χ2n) is 2.02. The Morgan fingerprint density at radius 2 is 1.85 bits per heavy atom. The molecule has 4 nitrogen and oxygen atoms in total. The monoisotopic (exact) mass is 180 g/mol. The highest BCUT2D eigenvalue weighted by Gasteiger charge is 1.88. The van der Waals surface area contributed by atoms with Gasteiger partial charge in [0.15, 0.2) is 0 Å². The van der Waals surface area contributed by atoms with E-state index in [9.17, 15) is 0 Å². The normalized spacial score (nSPS) is 7.77. The molecule has 0 bridgehead atoms. The number of ether oxygens (including phenoxy) is 1. The average molecular weight is 180 g/mol. The molecule has 0 aliphatic carbocycles. The molecule has 0 amide bonds. The largest absolute Gasteiger partial charge is 0.479 e. The van der Waals surface area contributed by atoms with E-state index in [4.69, 9.17) is 21.0 Å². The van der Waals surface area contributed by atoms with Crippen molar-refractivity contribution in [3.63, 3.8) is 0 Å². The number of hydrogen-bond acceptors (Lipinski definition) is 4. The molecule has 0 radical (unpaired) electrons. The predicted molar refractivity (Wildman–Crippen MR) is 51.9 cm³/mol. The Kier molecular flexibility index (Phi) is 5.97. The van der Waals surface area contributed by atoms with Gasteiger partial charge in [-0.3, -0.25) is 5.73 Å². The van der Waals surface area contributed by atoms with Crippen LogP contribution in [0.5, 0.6) is 5.75 Å². The molecule has 0 unspecified atom stereocenters. The lowest BCUT2D eigenvalue weighted by atomic mass is 10.3. The average Bonchev–Trinajstić information content (AvgIpc) is 2.11. The highest BCUT2D eigenvalue weighted by Crippen LogP contribution is 2.11. The molecule has 0 saturated carbocycles. The van der Waals surface area contributed by atoms with Gasteiger partial charge >= 0.3 is 0 Å². The van der Waals surface area contributed by atoms with E-state index in [0.717, 1.165) is 11.4 Å². The lowest BCUT2D eigenvalue weighted by Crippen LogP contribution is -2.06. The number of carbonyl (C=O) groups excluding carboxylic acids is 1. The first-order valence-electron chi connectivity index (χ1n) is 3.57. The molecule has 0 heterocycles. The van der Waals surface area contributed by atoms with Crippen LogP contribution in [0.2, 0.25) is 0 Å². The summed E-state index contributed by atoms with van der Waals surface area (Å²) in [5, 5.41) is 0. The van der Waals surface area contributed by atoms with Crippen LogP contribution >= 0.6 is 0 Å². The molecule has 1 aromatic rings. The van der Waals surface area contributed by atoms with Gasteiger partial charge in [-0.2, -0.15) is 0 Å². The van der Waals surface area contributed by atoms with Crippen LogP contribution in [0.15, 0.2) is 30.8 Å². The van der Waals surface area contributed by atoms with Crippen molar-refractivity contribution in [2.24, 2.45) is 5.73 Å². The molecule has 0 fully saturated rings. The third-order valence-electron chi connectivity index (χ3n) is 1.13. The number of rotatable bonds is 2. The molecule has 0 spiro atoms. The van der Waals surface area contributed by atoms with E-state index in [1.807, 2.05) is 0 Å². The summed E-state index contributed by atoms with van der Waals surface area (Å²) in [6.07, 6.45) is 0. The third kappa shape index (κ3) is 5.49. The molecule has 0 aliphatic rings. The lowest BCUT2D eigenvalue weighted by molar-refractivity contribution is 0.330. The zero-order valence-electron chi connectivity index (χ0n) is 7.19. The summed E-state index contributed by atoms with van der Waals surface area (Å²) < 4.78 is 4.98. The fraction of sp³-hybridized carbons (Fsp3) is 0.111. The molecule has 0 aromatic heterocycles. The molecule has 13 heavy (non-hydrogen) atoms. The quantitative estimate of drug-likeness (QED) is 0.396. The zero-order chi connectivity index (χ0) is 10.1. The second kappa shape index (κ2) is 6.91. The number of nitrogen functional groups attached to an aromatic ring is 1. The SMILES string of the molecule is C=C=O.NCOc1ccc(N)cc1. The molecule has 0 aliphatic heterocycles. The molecule has 1 aromatic carbocycles. The van der Waals surface area contributed by atoms with Gasteiger partial charge in [-0.05, 0) is 30.8 Å². The van der Waals surface area contributed by atoms with Gasteiger partial charge in [-0.1, -0.05) is 0 Å². The van der Waals surface area contributed by atoms with Crippen molar-refractivity contribution < 1.29 is 9.53 Å².